The molecule has 10 nitrogen and oxygen atoms in total. The Morgan fingerprint density at radius 2 is 1.54 bits per heavy atom. The summed E-state index contributed by atoms with van der Waals surface area (Å²) in [7, 11) is -3.99. The van der Waals surface area contributed by atoms with Crippen LogP contribution in [0, 0.1) is 6.92 Å². The van der Waals surface area contributed by atoms with Gasteiger partial charge in [0.2, 0.25) is 15.9 Å². The van der Waals surface area contributed by atoms with Crippen LogP contribution in [-0.4, -0.2) is 41.1 Å². The molecule has 2 heterocycles. The maximum Gasteiger partial charge on any atom is 0.242 e. The zero-order chi connectivity index (χ0) is 36.1. The molecule has 3 N–H and O–H groups in total. The molecule has 7 rings (SSSR count). The van der Waals surface area contributed by atoms with Crippen LogP contribution in [0.4, 0.5) is 5.69 Å². The van der Waals surface area contributed by atoms with E-state index < -0.39 is 28.3 Å². The average Bonchev–Trinajstić information content (AvgIpc) is 3.57. The van der Waals surface area contributed by atoms with Crippen molar-refractivity contribution in [3.63, 3.8) is 0 Å². The molecule has 52 heavy (non-hydrogen) atoms. The number of aromatic nitrogens is 2. The van der Waals surface area contributed by atoms with Crippen LogP contribution in [0.15, 0.2) is 139 Å². The summed E-state index contributed by atoms with van der Waals surface area (Å²) < 4.78 is 44.5. The molecule has 0 radical (unpaired) electrons. The molecule has 11 heteroatoms. The van der Waals surface area contributed by atoms with Crippen molar-refractivity contribution in [3.8, 4) is 0 Å². The second kappa shape index (κ2) is 15.6. The van der Waals surface area contributed by atoms with Crippen molar-refractivity contribution in [2.45, 2.75) is 62.4 Å². The fourth-order valence-corrected chi connectivity index (χ4v) is 7.57. The number of rotatable bonds is 12. The normalized spacial score (nSPS) is 18.2. The molecule has 4 atom stereocenters. The SMILES string of the molecule is Cc1ccc(S(=O)(=O)N[C@H](Cc2ccccc2)C(=O)Nc2ccc([C@H]3O[C@@H](Cn4cnc5ccccc54)C[C@@H](c4ccc(CO)cc4)O3)cc2)cc1. The quantitative estimate of drug-likeness (QED) is 0.130. The number of aliphatic hydroxyl groups is 1. The van der Waals surface area contributed by atoms with E-state index in [9.17, 15) is 18.3 Å². The highest BCUT2D eigenvalue weighted by molar-refractivity contribution is 7.89. The third kappa shape index (κ3) is 8.31. The van der Waals surface area contributed by atoms with Gasteiger partial charge in [0.25, 0.3) is 0 Å². The number of hydrogen-bond donors (Lipinski definition) is 3. The van der Waals surface area contributed by atoms with Crippen LogP contribution in [0.3, 0.4) is 0 Å². The second-order valence-corrected chi connectivity index (χ2v) is 14.7. The number of ether oxygens (including phenoxy) is 2. The number of carbonyl (C=O) groups excluding carboxylic acids is 1. The number of sulfonamides is 1. The van der Waals surface area contributed by atoms with Crippen molar-refractivity contribution in [2.24, 2.45) is 0 Å². The number of benzene rings is 5. The van der Waals surface area contributed by atoms with Gasteiger partial charge in [0, 0.05) is 17.7 Å². The number of aliphatic hydroxyl groups excluding tert-OH is 1. The summed E-state index contributed by atoms with van der Waals surface area (Å²) in [5, 5.41) is 12.5. The molecule has 1 aliphatic heterocycles. The number of para-hydroxylation sites is 2. The Balaban J connectivity index is 1.09. The third-order valence-corrected chi connectivity index (χ3v) is 10.7. The average molecular weight is 717 g/mol. The number of aryl methyl sites for hydroxylation is 1. The largest absolute Gasteiger partial charge is 0.392 e. The minimum Gasteiger partial charge on any atom is -0.392 e. The number of carbonyl (C=O) groups is 1. The summed E-state index contributed by atoms with van der Waals surface area (Å²) in [6, 6.07) is 37.6. The van der Waals surface area contributed by atoms with Crippen molar-refractivity contribution in [3.05, 3.63) is 162 Å². The van der Waals surface area contributed by atoms with Crippen molar-refractivity contribution in [1.29, 1.82) is 0 Å². The number of fused-ring (bicyclic) bond motifs is 1. The first kappa shape index (κ1) is 35.2. The maximum atomic E-state index is 13.7. The third-order valence-electron chi connectivity index (χ3n) is 9.22. The fourth-order valence-electron chi connectivity index (χ4n) is 6.37. The van der Waals surface area contributed by atoms with E-state index in [1.807, 2.05) is 104 Å². The van der Waals surface area contributed by atoms with Gasteiger partial charge in [0.1, 0.15) is 6.04 Å². The Kier molecular flexibility index (Phi) is 10.6. The lowest BCUT2D eigenvalue weighted by Gasteiger charge is -2.36. The summed E-state index contributed by atoms with van der Waals surface area (Å²) in [6.45, 7) is 2.41. The molecule has 1 amide bonds. The van der Waals surface area contributed by atoms with Gasteiger partial charge in [-0.25, -0.2) is 13.4 Å². The molecule has 0 aliphatic carbocycles. The van der Waals surface area contributed by atoms with E-state index in [1.165, 1.54) is 12.1 Å². The predicted octanol–water partition coefficient (Wildman–Crippen LogP) is 6.61. The van der Waals surface area contributed by atoms with Crippen LogP contribution >= 0.6 is 0 Å². The molecule has 1 saturated heterocycles. The maximum absolute atomic E-state index is 13.7. The molecule has 1 aliphatic rings. The first-order chi connectivity index (χ1) is 25.2. The van der Waals surface area contributed by atoms with Gasteiger partial charge in [-0.05, 0) is 66.4 Å². The molecule has 1 aromatic heterocycles. The first-order valence-corrected chi connectivity index (χ1v) is 18.7. The lowest BCUT2D eigenvalue weighted by molar-refractivity contribution is -0.252. The minimum atomic E-state index is -3.99. The standard InChI is InChI=1S/C41H40N4O6S/c1-28-11-21-35(22-12-28)52(48,49)44-37(23-29-7-3-2-4-8-29)40(47)43-33-19-17-32(18-20-33)41-50-34(25-45-27-42-36-9-5-6-10-38(36)45)24-39(51-41)31-15-13-30(26-46)14-16-31/h2-22,27,34,37,39,41,44,46H,23-26H2,1H3,(H,43,47)/t34-,37-,39+,41+/m1/s1. The summed E-state index contributed by atoms with van der Waals surface area (Å²) in [5.74, 6) is -0.489. The van der Waals surface area contributed by atoms with Gasteiger partial charge in [-0.1, -0.05) is 96.6 Å². The molecule has 6 aromatic rings. The van der Waals surface area contributed by atoms with Crippen molar-refractivity contribution < 1.29 is 27.8 Å². The molecule has 0 saturated carbocycles. The number of imidazole rings is 1. The summed E-state index contributed by atoms with van der Waals surface area (Å²) in [4.78, 5) is 18.3. The van der Waals surface area contributed by atoms with Crippen LogP contribution in [0.25, 0.3) is 11.0 Å². The molecule has 266 valence electrons. The monoisotopic (exact) mass is 716 g/mol. The van der Waals surface area contributed by atoms with E-state index in [2.05, 4.69) is 19.6 Å². The molecular formula is C41H40N4O6S. The van der Waals surface area contributed by atoms with E-state index in [4.69, 9.17) is 9.47 Å². The summed E-state index contributed by atoms with van der Waals surface area (Å²) in [5.41, 5.74) is 6.73. The Bertz CT molecular complexity index is 2220. The lowest BCUT2D eigenvalue weighted by atomic mass is 10.00. The van der Waals surface area contributed by atoms with E-state index in [0.29, 0.717) is 18.7 Å². The van der Waals surface area contributed by atoms with E-state index in [-0.39, 0.29) is 30.1 Å². The van der Waals surface area contributed by atoms with Gasteiger partial charge in [0.15, 0.2) is 6.29 Å². The van der Waals surface area contributed by atoms with E-state index in [1.54, 1.807) is 24.3 Å². The van der Waals surface area contributed by atoms with Gasteiger partial charge in [-0.2, -0.15) is 4.72 Å². The van der Waals surface area contributed by atoms with Crippen molar-refractivity contribution in [1.82, 2.24) is 14.3 Å². The second-order valence-electron chi connectivity index (χ2n) is 13.0. The summed E-state index contributed by atoms with van der Waals surface area (Å²) >= 11 is 0. The first-order valence-electron chi connectivity index (χ1n) is 17.2. The molecule has 0 unspecified atom stereocenters. The van der Waals surface area contributed by atoms with Crippen LogP contribution in [0.5, 0.6) is 0 Å². The summed E-state index contributed by atoms with van der Waals surface area (Å²) in [6.07, 6.45) is 1.41. The van der Waals surface area contributed by atoms with Crippen molar-refractivity contribution in [2.75, 3.05) is 5.32 Å². The Hall–Kier alpha value is -5.17. The van der Waals surface area contributed by atoms with E-state index in [0.717, 1.165) is 38.9 Å². The number of hydrogen-bond acceptors (Lipinski definition) is 7. The van der Waals surface area contributed by atoms with Crippen LogP contribution < -0.4 is 10.0 Å². The fraction of sp³-hybridized carbons (Fsp3) is 0.220. The number of amides is 1. The smallest absolute Gasteiger partial charge is 0.242 e. The zero-order valence-electron chi connectivity index (χ0n) is 28.6. The highest BCUT2D eigenvalue weighted by Gasteiger charge is 2.33. The van der Waals surface area contributed by atoms with Crippen LogP contribution in [0.1, 0.15) is 46.6 Å². The van der Waals surface area contributed by atoms with Crippen LogP contribution in [0.2, 0.25) is 0 Å². The Labute approximate surface area is 303 Å². The number of anilines is 1. The van der Waals surface area contributed by atoms with Gasteiger partial charge in [0.05, 0.1) is 47.6 Å². The molecule has 0 spiro atoms. The van der Waals surface area contributed by atoms with Gasteiger partial charge >= 0.3 is 0 Å². The van der Waals surface area contributed by atoms with Gasteiger partial charge in [-0.3, -0.25) is 4.79 Å². The van der Waals surface area contributed by atoms with Gasteiger partial charge in [-0.15, -0.1) is 0 Å². The molecule has 5 aromatic carbocycles. The Morgan fingerprint density at radius 1 is 0.846 bits per heavy atom. The highest BCUT2D eigenvalue weighted by atomic mass is 32.2. The lowest BCUT2D eigenvalue weighted by Crippen LogP contribution is -2.45. The Morgan fingerprint density at radius 3 is 2.27 bits per heavy atom. The molecule has 0 bridgehead atoms. The van der Waals surface area contributed by atoms with Crippen LogP contribution in [-0.2, 0) is 43.9 Å². The highest BCUT2D eigenvalue weighted by Crippen LogP contribution is 2.39. The number of nitrogens with one attached hydrogen (secondary N) is 2. The minimum absolute atomic E-state index is 0.0393. The number of nitrogens with zero attached hydrogens (tertiary/aromatic N) is 2. The molecular weight excluding hydrogens is 677 g/mol. The predicted molar refractivity (Wildman–Crippen MR) is 199 cm³/mol. The van der Waals surface area contributed by atoms with Crippen molar-refractivity contribution >= 4 is 32.7 Å². The van der Waals surface area contributed by atoms with Gasteiger partial charge < -0.3 is 24.5 Å². The zero-order valence-corrected chi connectivity index (χ0v) is 29.4. The van der Waals surface area contributed by atoms with E-state index >= 15 is 0 Å². The topological polar surface area (TPSA) is 132 Å². The molecule has 1 fully saturated rings.